The number of aromatic nitrogens is 2. The van der Waals surface area contributed by atoms with Crippen LogP contribution in [0.15, 0.2) is 42.5 Å². The first-order valence-electron chi connectivity index (χ1n) is 12.7. The highest BCUT2D eigenvalue weighted by atomic mass is 16.5. The van der Waals surface area contributed by atoms with Crippen molar-refractivity contribution in [3.8, 4) is 22.7 Å². The summed E-state index contributed by atoms with van der Waals surface area (Å²) >= 11 is 0. The predicted molar refractivity (Wildman–Crippen MR) is 146 cm³/mol. The lowest BCUT2D eigenvalue weighted by molar-refractivity contribution is 0.176. The molecule has 0 aliphatic carbocycles. The zero-order chi connectivity index (χ0) is 26.0. The topological polar surface area (TPSA) is 85.4 Å². The first-order chi connectivity index (χ1) is 17.0. The highest BCUT2D eigenvalue weighted by molar-refractivity contribution is 5.88. The molecule has 2 amide bonds. The highest BCUT2D eigenvalue weighted by Crippen LogP contribution is 2.37. The fraction of sp³-hybridized carbons (Fsp3) is 0.448. The van der Waals surface area contributed by atoms with Crippen molar-refractivity contribution in [1.29, 1.82) is 0 Å². The van der Waals surface area contributed by atoms with E-state index in [2.05, 4.69) is 62.5 Å². The Morgan fingerprint density at radius 2 is 1.89 bits per heavy atom. The summed E-state index contributed by atoms with van der Waals surface area (Å²) in [4.78, 5) is 13.8. The quantitative estimate of drug-likeness (QED) is 0.441. The predicted octanol–water partition coefficient (Wildman–Crippen LogP) is 5.78. The molecule has 0 saturated carbocycles. The van der Waals surface area contributed by atoms with Crippen LogP contribution in [0.2, 0.25) is 0 Å². The first-order valence-corrected chi connectivity index (χ1v) is 12.7. The van der Waals surface area contributed by atoms with Gasteiger partial charge in [0.1, 0.15) is 11.4 Å². The van der Waals surface area contributed by atoms with Crippen molar-refractivity contribution in [2.75, 3.05) is 25.0 Å². The molecule has 1 aliphatic rings. The van der Waals surface area contributed by atoms with Gasteiger partial charge in [0, 0.05) is 42.9 Å². The minimum absolute atomic E-state index is 0.212. The van der Waals surface area contributed by atoms with Crippen molar-refractivity contribution in [3.05, 3.63) is 59.3 Å². The summed E-state index contributed by atoms with van der Waals surface area (Å²) in [5.41, 5.74) is 12.8. The maximum atomic E-state index is 11.3. The van der Waals surface area contributed by atoms with Crippen LogP contribution in [0.4, 0.5) is 10.5 Å². The number of benzene rings is 2. The number of anilines is 1. The van der Waals surface area contributed by atoms with Crippen LogP contribution in [0.25, 0.3) is 16.9 Å². The third kappa shape index (κ3) is 5.90. The van der Waals surface area contributed by atoms with Crippen LogP contribution in [0, 0.1) is 18.3 Å². The molecule has 0 bridgehead atoms. The molecule has 7 nitrogen and oxygen atoms in total. The van der Waals surface area contributed by atoms with Gasteiger partial charge in [-0.3, -0.25) is 4.90 Å². The van der Waals surface area contributed by atoms with Gasteiger partial charge >= 0.3 is 6.03 Å². The summed E-state index contributed by atoms with van der Waals surface area (Å²) < 4.78 is 8.35. The number of primary amides is 1. The van der Waals surface area contributed by atoms with Gasteiger partial charge in [-0.05, 0) is 42.0 Å². The minimum Gasteiger partial charge on any atom is -0.491 e. The van der Waals surface area contributed by atoms with E-state index in [-0.39, 0.29) is 5.41 Å². The van der Waals surface area contributed by atoms with E-state index >= 15 is 0 Å². The van der Waals surface area contributed by atoms with E-state index in [0.29, 0.717) is 18.2 Å². The Balaban J connectivity index is 1.85. The number of ether oxygens (including phenoxy) is 1. The number of hydrogen-bond donors (Lipinski definition) is 2. The van der Waals surface area contributed by atoms with Crippen LogP contribution >= 0.6 is 0 Å². The molecule has 0 atom stereocenters. The number of urea groups is 1. The Labute approximate surface area is 214 Å². The second kappa shape index (κ2) is 10.3. The van der Waals surface area contributed by atoms with Gasteiger partial charge in [0.05, 0.1) is 18.0 Å². The van der Waals surface area contributed by atoms with E-state index < -0.39 is 6.03 Å². The molecule has 7 heteroatoms. The van der Waals surface area contributed by atoms with Crippen LogP contribution in [0.5, 0.6) is 5.75 Å². The molecular weight excluding hydrogens is 450 g/mol. The Morgan fingerprint density at radius 3 is 2.53 bits per heavy atom. The molecular formula is C29H39N5O2. The number of carbonyl (C=O) groups excluding carboxylic acids is 1. The molecule has 36 heavy (non-hydrogen) atoms. The lowest BCUT2D eigenvalue weighted by Gasteiger charge is -2.32. The summed E-state index contributed by atoms with van der Waals surface area (Å²) in [5.74, 6) is 1.25. The van der Waals surface area contributed by atoms with Crippen LogP contribution < -0.4 is 15.8 Å². The second-order valence-electron chi connectivity index (χ2n) is 11.4. The van der Waals surface area contributed by atoms with Crippen molar-refractivity contribution < 1.29 is 9.53 Å². The average Bonchev–Trinajstić information content (AvgIpc) is 3.15. The Morgan fingerprint density at radius 1 is 1.17 bits per heavy atom. The fourth-order valence-corrected chi connectivity index (χ4v) is 4.82. The molecule has 3 aromatic rings. The average molecular weight is 490 g/mol. The summed E-state index contributed by atoms with van der Waals surface area (Å²) in [5, 5.41) is 7.82. The van der Waals surface area contributed by atoms with Crippen LogP contribution in [0.3, 0.4) is 0 Å². The largest absolute Gasteiger partial charge is 0.491 e. The van der Waals surface area contributed by atoms with Gasteiger partial charge in [-0.25, -0.2) is 9.48 Å². The van der Waals surface area contributed by atoms with Crippen LogP contribution in [-0.4, -0.2) is 40.4 Å². The maximum Gasteiger partial charge on any atom is 0.316 e. The van der Waals surface area contributed by atoms with Gasteiger partial charge < -0.3 is 15.8 Å². The molecule has 0 fully saturated rings. The van der Waals surface area contributed by atoms with Crippen molar-refractivity contribution >= 4 is 11.7 Å². The van der Waals surface area contributed by atoms with Crippen molar-refractivity contribution in [3.63, 3.8) is 0 Å². The summed E-state index contributed by atoms with van der Waals surface area (Å²) in [6.45, 7) is 16.7. The minimum atomic E-state index is -0.574. The molecule has 192 valence electrons. The molecule has 3 N–H and O–H groups in total. The number of nitrogens with two attached hydrogens (primary N) is 1. The maximum absolute atomic E-state index is 11.3. The Kier molecular flexibility index (Phi) is 7.41. The smallest absolute Gasteiger partial charge is 0.316 e. The van der Waals surface area contributed by atoms with E-state index in [1.54, 1.807) is 0 Å². The number of fused-ring (bicyclic) bond motifs is 1. The Hall–Kier alpha value is -3.32. The van der Waals surface area contributed by atoms with Crippen molar-refractivity contribution in [2.24, 2.45) is 17.1 Å². The van der Waals surface area contributed by atoms with Gasteiger partial charge in [0.25, 0.3) is 0 Å². The fourth-order valence-electron chi connectivity index (χ4n) is 4.82. The van der Waals surface area contributed by atoms with Crippen molar-refractivity contribution in [2.45, 2.75) is 54.5 Å². The molecule has 2 aromatic carbocycles. The zero-order valence-corrected chi connectivity index (χ0v) is 22.4. The number of hydrogen-bond acceptors (Lipinski definition) is 4. The molecule has 0 unspecified atom stereocenters. The monoisotopic (exact) mass is 489 g/mol. The van der Waals surface area contributed by atoms with Gasteiger partial charge in [-0.2, -0.15) is 5.10 Å². The molecule has 0 radical (unpaired) electrons. The lowest BCUT2D eigenvalue weighted by Crippen LogP contribution is -2.36. The first kappa shape index (κ1) is 25.8. The van der Waals surface area contributed by atoms with Gasteiger partial charge in [0.15, 0.2) is 0 Å². The second-order valence-corrected chi connectivity index (χ2v) is 11.4. The number of para-hydroxylation sites is 1. The van der Waals surface area contributed by atoms with Crippen molar-refractivity contribution in [1.82, 2.24) is 14.7 Å². The number of rotatable bonds is 7. The number of aryl methyl sites for hydroxylation is 1. The standard InChI is InChI=1S/C29H39N5O2/c1-19(2)17-36-25-9-7-8-20(3)26(25)34-27(21-10-12-22(13-11-21)31-28(30)35)23-16-33(18-29(4,5)6)15-14-24(23)32-34/h7-13,19H,14-18H2,1-6H3,(H3,30,31,35). The number of carbonyl (C=O) groups is 1. The number of nitrogens with one attached hydrogen (secondary N) is 1. The molecule has 2 heterocycles. The van der Waals surface area contributed by atoms with Gasteiger partial charge in [-0.15, -0.1) is 0 Å². The molecule has 4 rings (SSSR count). The zero-order valence-electron chi connectivity index (χ0n) is 22.4. The SMILES string of the molecule is Cc1cccc(OCC(C)C)c1-n1nc2c(c1-c1ccc(NC(N)=O)cc1)CN(CC(C)(C)C)CC2. The van der Waals surface area contributed by atoms with Gasteiger partial charge in [0.2, 0.25) is 0 Å². The molecule has 1 aliphatic heterocycles. The normalized spacial score (nSPS) is 14.1. The molecule has 1 aromatic heterocycles. The molecule has 0 saturated heterocycles. The van der Waals surface area contributed by atoms with E-state index in [1.165, 1.54) is 5.56 Å². The lowest BCUT2D eigenvalue weighted by atomic mass is 9.93. The van der Waals surface area contributed by atoms with Gasteiger partial charge in [-0.1, -0.05) is 58.9 Å². The van der Waals surface area contributed by atoms with E-state index in [1.807, 2.05) is 36.4 Å². The Bertz CT molecular complexity index is 1220. The van der Waals surface area contributed by atoms with E-state index in [0.717, 1.165) is 60.0 Å². The summed E-state index contributed by atoms with van der Waals surface area (Å²) in [6.07, 6.45) is 0.904. The molecule has 0 spiro atoms. The highest BCUT2D eigenvalue weighted by Gasteiger charge is 2.29. The number of amides is 2. The van der Waals surface area contributed by atoms with E-state index in [9.17, 15) is 4.79 Å². The third-order valence-corrected chi connectivity index (χ3v) is 6.22. The van der Waals surface area contributed by atoms with Crippen LogP contribution in [0.1, 0.15) is 51.4 Å². The third-order valence-electron chi connectivity index (χ3n) is 6.22. The summed E-state index contributed by atoms with van der Waals surface area (Å²) in [6, 6.07) is 13.4. The summed E-state index contributed by atoms with van der Waals surface area (Å²) in [7, 11) is 0. The number of nitrogens with zero attached hydrogens (tertiary/aromatic N) is 3. The van der Waals surface area contributed by atoms with E-state index in [4.69, 9.17) is 15.6 Å². The van der Waals surface area contributed by atoms with Crippen LogP contribution in [-0.2, 0) is 13.0 Å².